The maximum absolute atomic E-state index is 12.3. The van der Waals surface area contributed by atoms with Gasteiger partial charge in [0, 0.05) is 19.2 Å². The second-order valence-corrected chi connectivity index (χ2v) is 6.74. The topological polar surface area (TPSA) is 67.4 Å². The lowest BCUT2D eigenvalue weighted by Gasteiger charge is -2.17. The van der Waals surface area contributed by atoms with Gasteiger partial charge in [0.25, 0.3) is 0 Å². The number of rotatable bonds is 9. The quantitative estimate of drug-likeness (QED) is 0.732. The number of methoxy groups -OCH3 is 1. The van der Waals surface area contributed by atoms with Crippen LogP contribution in [0.25, 0.3) is 0 Å². The summed E-state index contributed by atoms with van der Waals surface area (Å²) in [5, 5.41) is 3.30. The van der Waals surface area contributed by atoms with Gasteiger partial charge in [-0.2, -0.15) is 0 Å². The first-order valence-corrected chi connectivity index (χ1v) is 8.77. The second kappa shape index (κ2) is 8.48. The molecule has 1 aromatic carbocycles. The van der Waals surface area contributed by atoms with Crippen LogP contribution < -0.4 is 10.0 Å². The van der Waals surface area contributed by atoms with E-state index in [1.807, 2.05) is 26.0 Å². The Hall–Kier alpha value is -0.950. The van der Waals surface area contributed by atoms with Gasteiger partial charge in [-0.1, -0.05) is 26.0 Å². The molecule has 1 aromatic rings. The molecule has 6 heteroatoms. The molecule has 0 aromatic heterocycles. The van der Waals surface area contributed by atoms with Crippen LogP contribution in [-0.2, 0) is 14.8 Å². The fraction of sp³-hybridized carbons (Fsp3) is 0.600. The Balaban J connectivity index is 2.84. The van der Waals surface area contributed by atoms with Crippen LogP contribution in [-0.4, -0.2) is 34.7 Å². The monoisotopic (exact) mass is 314 g/mol. The summed E-state index contributed by atoms with van der Waals surface area (Å²) < 4.78 is 32.3. The van der Waals surface area contributed by atoms with Crippen molar-refractivity contribution >= 4 is 10.0 Å². The van der Waals surface area contributed by atoms with E-state index in [4.69, 9.17) is 4.74 Å². The molecule has 0 heterocycles. The van der Waals surface area contributed by atoms with Gasteiger partial charge in [-0.15, -0.1) is 0 Å². The summed E-state index contributed by atoms with van der Waals surface area (Å²) in [5.74, 6) is 0. The maximum atomic E-state index is 12.3. The summed E-state index contributed by atoms with van der Waals surface area (Å²) >= 11 is 0. The number of nitrogens with one attached hydrogen (secondary N) is 2. The first kappa shape index (κ1) is 18.1. The molecule has 0 aliphatic heterocycles. The van der Waals surface area contributed by atoms with E-state index in [1.165, 1.54) is 0 Å². The molecule has 2 atom stereocenters. The average Bonchev–Trinajstić information content (AvgIpc) is 2.47. The SMILES string of the molecule is CCNC(C)c1ccc(S(=O)(=O)NC(CC)COC)cc1. The van der Waals surface area contributed by atoms with E-state index in [9.17, 15) is 8.42 Å². The number of hydrogen-bond acceptors (Lipinski definition) is 4. The molecule has 120 valence electrons. The zero-order chi connectivity index (χ0) is 15.9. The molecule has 2 N–H and O–H groups in total. The Bertz CT molecular complexity index is 514. The zero-order valence-corrected chi connectivity index (χ0v) is 14.0. The lowest BCUT2D eigenvalue weighted by molar-refractivity contribution is 0.173. The zero-order valence-electron chi connectivity index (χ0n) is 13.2. The number of ether oxygens (including phenoxy) is 1. The molecular formula is C15H26N2O3S. The van der Waals surface area contributed by atoms with Gasteiger partial charge >= 0.3 is 0 Å². The van der Waals surface area contributed by atoms with Crippen molar-refractivity contribution in [2.75, 3.05) is 20.3 Å². The molecule has 21 heavy (non-hydrogen) atoms. The van der Waals surface area contributed by atoms with Crippen molar-refractivity contribution in [2.45, 2.75) is 44.2 Å². The molecule has 1 rings (SSSR count). The third-order valence-corrected chi connectivity index (χ3v) is 4.92. The van der Waals surface area contributed by atoms with Crippen molar-refractivity contribution in [3.8, 4) is 0 Å². The van der Waals surface area contributed by atoms with E-state index >= 15 is 0 Å². The molecule has 0 saturated carbocycles. The van der Waals surface area contributed by atoms with Gasteiger partial charge in [0.05, 0.1) is 11.5 Å². The molecule has 0 spiro atoms. The molecular weight excluding hydrogens is 288 g/mol. The van der Waals surface area contributed by atoms with Crippen molar-refractivity contribution in [3.63, 3.8) is 0 Å². The van der Waals surface area contributed by atoms with Crippen LogP contribution in [0, 0.1) is 0 Å². The summed E-state index contributed by atoms with van der Waals surface area (Å²) in [4.78, 5) is 0.282. The summed E-state index contributed by atoms with van der Waals surface area (Å²) in [6.07, 6.45) is 0.683. The predicted octanol–water partition coefficient (Wildman–Crippen LogP) is 2.06. The molecule has 0 amide bonds. The van der Waals surface area contributed by atoms with E-state index in [0.717, 1.165) is 12.1 Å². The minimum atomic E-state index is -3.50. The first-order valence-electron chi connectivity index (χ1n) is 7.29. The lowest BCUT2D eigenvalue weighted by atomic mass is 10.1. The Morgan fingerprint density at radius 3 is 2.29 bits per heavy atom. The van der Waals surface area contributed by atoms with Gasteiger partial charge in [-0.05, 0) is 37.6 Å². The van der Waals surface area contributed by atoms with Gasteiger partial charge in [0.2, 0.25) is 10.0 Å². The highest BCUT2D eigenvalue weighted by atomic mass is 32.2. The lowest BCUT2D eigenvalue weighted by Crippen LogP contribution is -2.37. The van der Waals surface area contributed by atoms with Gasteiger partial charge < -0.3 is 10.1 Å². The first-order chi connectivity index (χ1) is 9.94. The van der Waals surface area contributed by atoms with E-state index in [1.54, 1.807) is 19.2 Å². The third kappa shape index (κ3) is 5.39. The molecule has 5 nitrogen and oxygen atoms in total. The fourth-order valence-electron chi connectivity index (χ4n) is 2.08. The van der Waals surface area contributed by atoms with E-state index in [2.05, 4.69) is 17.0 Å². The van der Waals surface area contributed by atoms with Crippen molar-refractivity contribution in [1.82, 2.24) is 10.0 Å². The van der Waals surface area contributed by atoms with Gasteiger partial charge in [-0.25, -0.2) is 13.1 Å². The van der Waals surface area contributed by atoms with E-state index in [-0.39, 0.29) is 17.0 Å². The smallest absolute Gasteiger partial charge is 0.240 e. The van der Waals surface area contributed by atoms with Crippen LogP contribution in [0.5, 0.6) is 0 Å². The average molecular weight is 314 g/mol. The van der Waals surface area contributed by atoms with Crippen molar-refractivity contribution in [3.05, 3.63) is 29.8 Å². The van der Waals surface area contributed by atoms with E-state index in [0.29, 0.717) is 13.0 Å². The second-order valence-electron chi connectivity index (χ2n) is 5.03. The van der Waals surface area contributed by atoms with Crippen LogP contribution in [0.2, 0.25) is 0 Å². The van der Waals surface area contributed by atoms with Crippen LogP contribution >= 0.6 is 0 Å². The van der Waals surface area contributed by atoms with Gasteiger partial charge in [0.15, 0.2) is 0 Å². The number of benzene rings is 1. The minimum Gasteiger partial charge on any atom is -0.383 e. The molecule has 2 unspecified atom stereocenters. The van der Waals surface area contributed by atoms with Crippen LogP contribution in [0.1, 0.15) is 38.8 Å². The summed E-state index contributed by atoms with van der Waals surface area (Å²) in [6, 6.07) is 6.98. The van der Waals surface area contributed by atoms with Crippen LogP contribution in [0.3, 0.4) is 0 Å². The van der Waals surface area contributed by atoms with E-state index < -0.39 is 10.0 Å². The van der Waals surface area contributed by atoms with Crippen molar-refractivity contribution < 1.29 is 13.2 Å². The summed E-state index contributed by atoms with van der Waals surface area (Å²) in [7, 11) is -1.94. The number of hydrogen-bond donors (Lipinski definition) is 2. The molecule has 0 saturated heterocycles. The Morgan fingerprint density at radius 2 is 1.81 bits per heavy atom. The molecule has 0 bridgehead atoms. The summed E-state index contributed by atoms with van der Waals surface area (Å²) in [5.41, 5.74) is 1.07. The molecule has 0 radical (unpaired) electrons. The predicted molar refractivity (Wildman–Crippen MR) is 84.8 cm³/mol. The van der Waals surface area contributed by atoms with Crippen LogP contribution in [0.4, 0.5) is 0 Å². The standard InChI is InChI=1S/C15H26N2O3S/c1-5-14(11-20-4)17-21(18,19)15-9-7-13(8-10-15)12(3)16-6-2/h7-10,12,14,16-17H,5-6,11H2,1-4H3. The molecule has 0 aliphatic rings. The molecule has 0 fully saturated rings. The number of sulfonamides is 1. The van der Waals surface area contributed by atoms with Crippen molar-refractivity contribution in [1.29, 1.82) is 0 Å². The highest BCUT2D eigenvalue weighted by Crippen LogP contribution is 2.16. The van der Waals surface area contributed by atoms with Gasteiger partial charge in [-0.3, -0.25) is 0 Å². The van der Waals surface area contributed by atoms with Crippen LogP contribution in [0.15, 0.2) is 29.2 Å². The summed E-state index contributed by atoms with van der Waals surface area (Å²) in [6.45, 7) is 7.26. The Labute approximate surface area is 128 Å². The highest BCUT2D eigenvalue weighted by Gasteiger charge is 2.19. The molecule has 0 aliphatic carbocycles. The van der Waals surface area contributed by atoms with Gasteiger partial charge in [0.1, 0.15) is 0 Å². The third-order valence-electron chi connectivity index (χ3n) is 3.38. The Kier molecular flexibility index (Phi) is 7.31. The Morgan fingerprint density at radius 1 is 1.19 bits per heavy atom. The fourth-order valence-corrected chi connectivity index (χ4v) is 3.39. The maximum Gasteiger partial charge on any atom is 0.240 e. The normalized spacial score (nSPS) is 14.9. The minimum absolute atomic E-state index is 0.205. The van der Waals surface area contributed by atoms with Crippen molar-refractivity contribution in [2.24, 2.45) is 0 Å². The largest absolute Gasteiger partial charge is 0.383 e. The highest BCUT2D eigenvalue weighted by molar-refractivity contribution is 7.89.